The van der Waals surface area contributed by atoms with Crippen LogP contribution >= 0.6 is 0 Å². The molecule has 0 radical (unpaired) electrons. The molecule has 0 aromatic rings. The van der Waals surface area contributed by atoms with Crippen molar-refractivity contribution in [2.45, 2.75) is 0 Å². The molecule has 1 aliphatic heterocycles. The smallest absolute Gasteiger partial charge is 0.331 e. The van der Waals surface area contributed by atoms with Gasteiger partial charge in [-0.3, -0.25) is 0 Å². The van der Waals surface area contributed by atoms with E-state index in [-0.39, 0.29) is 5.97 Å². The lowest BCUT2D eigenvalue weighted by atomic mass is 10.3. The summed E-state index contributed by atoms with van der Waals surface area (Å²) in [6.45, 7) is 4.05. The Morgan fingerprint density at radius 3 is 2.46 bits per heavy atom. The molecule has 0 bridgehead atoms. The van der Waals surface area contributed by atoms with Gasteiger partial charge in [0.1, 0.15) is 0 Å². The first-order chi connectivity index (χ1) is 6.22. The number of hydrogen-bond acceptors (Lipinski definition) is 4. The van der Waals surface area contributed by atoms with Gasteiger partial charge in [0.25, 0.3) is 0 Å². The van der Waals surface area contributed by atoms with Crippen molar-refractivity contribution in [1.82, 2.24) is 9.80 Å². The topological polar surface area (TPSA) is 32.8 Å². The average molecular weight is 184 g/mol. The minimum atomic E-state index is -0.293. The van der Waals surface area contributed by atoms with Crippen LogP contribution in [0.25, 0.3) is 0 Å². The first-order valence-corrected chi connectivity index (χ1v) is 4.41. The zero-order chi connectivity index (χ0) is 9.68. The number of rotatable bonds is 2. The summed E-state index contributed by atoms with van der Waals surface area (Å²) in [6.07, 6.45) is 3.27. The van der Waals surface area contributed by atoms with E-state index < -0.39 is 0 Å². The number of ether oxygens (including phenoxy) is 1. The summed E-state index contributed by atoms with van der Waals surface area (Å²) in [6, 6.07) is 0. The molecule has 4 heteroatoms. The van der Waals surface area contributed by atoms with Gasteiger partial charge in [-0.1, -0.05) is 0 Å². The number of esters is 1. The van der Waals surface area contributed by atoms with E-state index >= 15 is 0 Å². The van der Waals surface area contributed by atoms with Gasteiger partial charge in [-0.15, -0.1) is 0 Å². The molecule has 1 fully saturated rings. The summed E-state index contributed by atoms with van der Waals surface area (Å²) in [5.74, 6) is -0.293. The molecular weight excluding hydrogens is 168 g/mol. The van der Waals surface area contributed by atoms with Crippen molar-refractivity contribution in [3.05, 3.63) is 12.3 Å². The first-order valence-electron chi connectivity index (χ1n) is 4.41. The molecular formula is C9H16N2O2. The minimum absolute atomic E-state index is 0.293. The Kier molecular flexibility index (Phi) is 3.76. The molecule has 0 atom stereocenters. The molecule has 74 valence electrons. The zero-order valence-electron chi connectivity index (χ0n) is 8.19. The second-order valence-corrected chi connectivity index (χ2v) is 3.18. The zero-order valence-corrected chi connectivity index (χ0v) is 8.19. The Bertz CT molecular complexity index is 196. The number of carbonyl (C=O) groups is 1. The monoisotopic (exact) mass is 184 g/mol. The maximum Gasteiger partial charge on any atom is 0.331 e. The second kappa shape index (κ2) is 4.87. The lowest BCUT2D eigenvalue weighted by molar-refractivity contribution is -0.134. The molecule has 0 spiro atoms. The molecule has 4 nitrogen and oxygen atoms in total. The Morgan fingerprint density at radius 1 is 1.31 bits per heavy atom. The van der Waals surface area contributed by atoms with Crippen molar-refractivity contribution < 1.29 is 9.53 Å². The molecule has 0 aliphatic carbocycles. The fourth-order valence-corrected chi connectivity index (χ4v) is 1.21. The lowest BCUT2D eigenvalue weighted by Crippen LogP contribution is -2.41. The number of carbonyl (C=O) groups excluding carboxylic acids is 1. The number of nitrogens with zero attached hydrogens (tertiary/aromatic N) is 2. The van der Waals surface area contributed by atoms with Crippen molar-refractivity contribution in [1.29, 1.82) is 0 Å². The summed E-state index contributed by atoms with van der Waals surface area (Å²) in [5, 5.41) is 0. The largest absolute Gasteiger partial charge is 0.466 e. The van der Waals surface area contributed by atoms with Crippen LogP contribution in [0.5, 0.6) is 0 Å². The van der Waals surface area contributed by atoms with Crippen molar-refractivity contribution in [3.63, 3.8) is 0 Å². The predicted octanol–water partition coefficient (Wildman–Crippen LogP) is -0.0795. The van der Waals surface area contributed by atoms with E-state index in [2.05, 4.69) is 21.6 Å². The number of likely N-dealkylation sites (N-methyl/N-ethyl adjacent to an activating group) is 1. The Hall–Kier alpha value is -1.03. The van der Waals surface area contributed by atoms with Gasteiger partial charge in [-0.25, -0.2) is 4.79 Å². The van der Waals surface area contributed by atoms with E-state index in [0.717, 1.165) is 26.2 Å². The highest BCUT2D eigenvalue weighted by Crippen LogP contribution is 1.99. The van der Waals surface area contributed by atoms with Gasteiger partial charge in [0.05, 0.1) is 7.11 Å². The number of hydrogen-bond donors (Lipinski definition) is 0. The van der Waals surface area contributed by atoms with Crippen LogP contribution in [0.2, 0.25) is 0 Å². The Labute approximate surface area is 78.8 Å². The van der Waals surface area contributed by atoms with Crippen LogP contribution in [0.3, 0.4) is 0 Å². The van der Waals surface area contributed by atoms with Crippen LogP contribution in [0, 0.1) is 0 Å². The molecule has 0 aromatic carbocycles. The summed E-state index contributed by atoms with van der Waals surface area (Å²) in [5.41, 5.74) is 0. The van der Waals surface area contributed by atoms with Crippen LogP contribution < -0.4 is 0 Å². The summed E-state index contributed by atoms with van der Waals surface area (Å²) >= 11 is 0. The van der Waals surface area contributed by atoms with E-state index in [1.165, 1.54) is 13.2 Å². The predicted molar refractivity (Wildman–Crippen MR) is 50.2 cm³/mol. The molecule has 0 amide bonds. The Balaban J connectivity index is 2.29. The van der Waals surface area contributed by atoms with Crippen LogP contribution in [0.15, 0.2) is 12.3 Å². The third-order valence-corrected chi connectivity index (χ3v) is 2.16. The van der Waals surface area contributed by atoms with Crippen molar-refractivity contribution >= 4 is 5.97 Å². The maximum atomic E-state index is 10.8. The van der Waals surface area contributed by atoms with Crippen molar-refractivity contribution in [3.8, 4) is 0 Å². The standard InChI is InChI=1S/C9H16N2O2/c1-10-5-7-11(8-6-10)4-3-9(12)13-2/h3-4H,5-8H2,1-2H3. The fourth-order valence-electron chi connectivity index (χ4n) is 1.21. The minimum Gasteiger partial charge on any atom is -0.466 e. The van der Waals surface area contributed by atoms with Crippen LogP contribution in [0.4, 0.5) is 0 Å². The van der Waals surface area contributed by atoms with Gasteiger partial charge < -0.3 is 14.5 Å². The Morgan fingerprint density at radius 2 is 1.92 bits per heavy atom. The third-order valence-electron chi connectivity index (χ3n) is 2.16. The van der Waals surface area contributed by atoms with E-state index in [4.69, 9.17) is 0 Å². The highest BCUT2D eigenvalue weighted by molar-refractivity contribution is 5.81. The van der Waals surface area contributed by atoms with Crippen molar-refractivity contribution in [2.75, 3.05) is 40.3 Å². The van der Waals surface area contributed by atoms with Crippen LogP contribution in [-0.2, 0) is 9.53 Å². The van der Waals surface area contributed by atoms with E-state index in [0.29, 0.717) is 0 Å². The molecule has 1 rings (SSSR count). The van der Waals surface area contributed by atoms with E-state index in [1.807, 2.05) is 0 Å². The lowest BCUT2D eigenvalue weighted by Gasteiger charge is -2.31. The van der Waals surface area contributed by atoms with Gasteiger partial charge in [-0.2, -0.15) is 0 Å². The average Bonchev–Trinajstić information content (AvgIpc) is 2.16. The van der Waals surface area contributed by atoms with Gasteiger partial charge in [0, 0.05) is 38.5 Å². The third kappa shape index (κ3) is 3.46. The molecule has 0 saturated carbocycles. The summed E-state index contributed by atoms with van der Waals surface area (Å²) in [4.78, 5) is 15.2. The number of methoxy groups -OCH3 is 1. The van der Waals surface area contributed by atoms with Crippen LogP contribution in [0.1, 0.15) is 0 Å². The molecule has 1 aliphatic rings. The molecule has 0 unspecified atom stereocenters. The maximum absolute atomic E-state index is 10.8. The molecule has 1 heterocycles. The molecule has 13 heavy (non-hydrogen) atoms. The highest BCUT2D eigenvalue weighted by atomic mass is 16.5. The quantitative estimate of drug-likeness (QED) is 0.444. The van der Waals surface area contributed by atoms with Gasteiger partial charge >= 0.3 is 5.97 Å². The first kappa shape index (κ1) is 10.1. The van der Waals surface area contributed by atoms with Gasteiger partial charge in [-0.05, 0) is 7.05 Å². The molecule has 1 saturated heterocycles. The van der Waals surface area contributed by atoms with Gasteiger partial charge in [0.2, 0.25) is 0 Å². The van der Waals surface area contributed by atoms with Gasteiger partial charge in [0.15, 0.2) is 0 Å². The normalized spacial score (nSPS) is 19.4. The second-order valence-electron chi connectivity index (χ2n) is 3.18. The van der Waals surface area contributed by atoms with Crippen molar-refractivity contribution in [2.24, 2.45) is 0 Å². The number of piperazine rings is 1. The highest BCUT2D eigenvalue weighted by Gasteiger charge is 2.09. The summed E-state index contributed by atoms with van der Waals surface area (Å²) < 4.78 is 4.50. The summed E-state index contributed by atoms with van der Waals surface area (Å²) in [7, 11) is 3.48. The van der Waals surface area contributed by atoms with E-state index in [9.17, 15) is 4.79 Å². The van der Waals surface area contributed by atoms with Crippen LogP contribution in [-0.4, -0.2) is 56.1 Å². The molecule has 0 N–H and O–H groups in total. The SMILES string of the molecule is COC(=O)C=CN1CCN(C)CC1. The molecule has 0 aromatic heterocycles. The fraction of sp³-hybridized carbons (Fsp3) is 0.667. The van der Waals surface area contributed by atoms with E-state index in [1.54, 1.807) is 6.20 Å².